The van der Waals surface area contributed by atoms with Crippen LogP contribution in [0.2, 0.25) is 0 Å². The van der Waals surface area contributed by atoms with E-state index in [0.717, 1.165) is 11.4 Å². The van der Waals surface area contributed by atoms with Crippen LogP contribution in [0.25, 0.3) is 0 Å². The van der Waals surface area contributed by atoms with Crippen molar-refractivity contribution < 1.29 is 0 Å². The molecule has 1 aliphatic rings. The molecule has 1 aliphatic carbocycles. The first kappa shape index (κ1) is 12.3. The maximum atomic E-state index is 5.61. The first-order valence-corrected chi connectivity index (χ1v) is 6.20. The van der Waals surface area contributed by atoms with Gasteiger partial charge in [-0.25, -0.2) is 4.98 Å². The molecule has 1 aromatic heterocycles. The van der Waals surface area contributed by atoms with Crippen molar-refractivity contribution in [2.24, 2.45) is 16.6 Å². The van der Waals surface area contributed by atoms with Gasteiger partial charge >= 0.3 is 0 Å². The lowest BCUT2D eigenvalue weighted by atomic mass is 10.0. The number of hydrogen-bond acceptors (Lipinski definition) is 3. The summed E-state index contributed by atoms with van der Waals surface area (Å²) in [5.41, 5.74) is 7.04. The van der Waals surface area contributed by atoms with E-state index < -0.39 is 0 Å². The van der Waals surface area contributed by atoms with E-state index in [1.54, 1.807) is 6.20 Å². The number of pyridine rings is 1. The summed E-state index contributed by atoms with van der Waals surface area (Å²) in [7, 11) is 0. The van der Waals surface area contributed by atoms with Crippen LogP contribution in [0.1, 0.15) is 33.3 Å². The molecule has 92 valence electrons. The van der Waals surface area contributed by atoms with E-state index >= 15 is 0 Å². The Kier molecular flexibility index (Phi) is 2.65. The number of nitrogens with one attached hydrogen (secondary N) is 1. The Morgan fingerprint density at radius 3 is 2.41 bits per heavy atom. The van der Waals surface area contributed by atoms with Gasteiger partial charge in [-0.2, -0.15) is 0 Å². The molecule has 3 nitrogen and oxygen atoms in total. The molecule has 17 heavy (non-hydrogen) atoms. The third-order valence-corrected chi connectivity index (χ3v) is 4.59. The van der Waals surface area contributed by atoms with Gasteiger partial charge in [0.2, 0.25) is 0 Å². The van der Waals surface area contributed by atoms with Gasteiger partial charge < -0.3 is 11.1 Å². The van der Waals surface area contributed by atoms with Gasteiger partial charge in [0.15, 0.2) is 0 Å². The zero-order chi connectivity index (χ0) is 12.8. The van der Waals surface area contributed by atoms with Gasteiger partial charge in [0.05, 0.1) is 0 Å². The van der Waals surface area contributed by atoms with Gasteiger partial charge in [-0.1, -0.05) is 39.9 Å². The number of rotatable bonds is 3. The van der Waals surface area contributed by atoms with Crippen molar-refractivity contribution in [2.75, 3.05) is 5.32 Å². The maximum absolute atomic E-state index is 5.61. The largest absolute Gasteiger partial charge is 0.389 e. The van der Waals surface area contributed by atoms with Crippen LogP contribution in [0.15, 0.2) is 18.3 Å². The summed E-state index contributed by atoms with van der Waals surface area (Å²) >= 11 is 4.96. The normalized spacial score (nSPS) is 20.9. The first-order chi connectivity index (χ1) is 7.76. The molecular weight excluding hydrogens is 230 g/mol. The van der Waals surface area contributed by atoms with Crippen molar-refractivity contribution in [3.8, 4) is 0 Å². The second kappa shape index (κ2) is 3.67. The molecule has 1 saturated carbocycles. The highest BCUT2D eigenvalue weighted by Gasteiger charge is 2.65. The summed E-state index contributed by atoms with van der Waals surface area (Å²) in [6.45, 7) is 9.06. The number of nitrogens with zero attached hydrogens (tertiary/aromatic N) is 1. The van der Waals surface area contributed by atoms with Gasteiger partial charge in [-0.3, -0.25) is 0 Å². The molecule has 0 unspecified atom stereocenters. The molecule has 0 atom stereocenters. The number of anilines is 1. The highest BCUT2D eigenvalue weighted by atomic mass is 32.1. The van der Waals surface area contributed by atoms with Crippen molar-refractivity contribution >= 4 is 23.0 Å². The highest BCUT2D eigenvalue weighted by Crippen LogP contribution is 2.63. The molecule has 0 radical (unpaired) electrons. The fourth-order valence-electron chi connectivity index (χ4n) is 2.37. The van der Waals surface area contributed by atoms with Gasteiger partial charge in [0.25, 0.3) is 0 Å². The molecule has 4 heteroatoms. The van der Waals surface area contributed by atoms with Crippen LogP contribution in [0.4, 0.5) is 5.82 Å². The van der Waals surface area contributed by atoms with E-state index in [9.17, 15) is 0 Å². The smallest absolute Gasteiger partial charge is 0.126 e. The molecule has 0 bridgehead atoms. The molecule has 0 amide bonds. The van der Waals surface area contributed by atoms with Crippen LogP contribution >= 0.6 is 12.2 Å². The zero-order valence-corrected chi connectivity index (χ0v) is 11.6. The minimum Gasteiger partial charge on any atom is -0.389 e. The van der Waals surface area contributed by atoms with E-state index in [2.05, 4.69) is 38.0 Å². The van der Waals surface area contributed by atoms with Crippen LogP contribution in [0.5, 0.6) is 0 Å². The van der Waals surface area contributed by atoms with Gasteiger partial charge in [0, 0.05) is 17.8 Å². The molecule has 0 spiro atoms. The monoisotopic (exact) mass is 249 g/mol. The molecule has 1 fully saturated rings. The van der Waals surface area contributed by atoms with Crippen molar-refractivity contribution in [3.05, 3.63) is 23.9 Å². The molecule has 0 aliphatic heterocycles. The standard InChI is InChI=1S/C13H19N3S/c1-12(2)11(13(12,3)4)16-9-7-8(10(14)17)5-6-15-9/h5-7,11H,1-4H3,(H2,14,17)(H,15,16). The topological polar surface area (TPSA) is 50.9 Å². The SMILES string of the molecule is CC1(C)C(Nc2cc(C(N)=S)ccn2)C1(C)C. The predicted molar refractivity (Wildman–Crippen MR) is 75.1 cm³/mol. The summed E-state index contributed by atoms with van der Waals surface area (Å²) in [6.07, 6.45) is 1.74. The molecule has 0 aromatic carbocycles. The first-order valence-electron chi connectivity index (χ1n) is 5.79. The summed E-state index contributed by atoms with van der Waals surface area (Å²) in [5.74, 6) is 0.846. The second-order valence-corrected chi connectivity index (χ2v) is 6.25. The summed E-state index contributed by atoms with van der Waals surface area (Å²) < 4.78 is 0. The van der Waals surface area contributed by atoms with Crippen LogP contribution in [-0.4, -0.2) is 16.0 Å². The third kappa shape index (κ3) is 1.90. The number of nitrogens with two attached hydrogens (primary N) is 1. The molecule has 0 saturated heterocycles. The Balaban J connectivity index is 2.16. The van der Waals surface area contributed by atoms with E-state index in [1.807, 2.05) is 12.1 Å². The Bertz CT molecular complexity index is 451. The molecule has 1 aromatic rings. The summed E-state index contributed by atoms with van der Waals surface area (Å²) in [4.78, 5) is 4.71. The van der Waals surface area contributed by atoms with Crippen LogP contribution < -0.4 is 11.1 Å². The number of thiocarbonyl (C=S) groups is 1. The molecule has 3 N–H and O–H groups in total. The zero-order valence-electron chi connectivity index (χ0n) is 10.7. The lowest BCUT2D eigenvalue weighted by molar-refractivity contribution is 0.457. The van der Waals surface area contributed by atoms with E-state index in [-0.39, 0.29) is 10.8 Å². The Morgan fingerprint density at radius 2 is 1.94 bits per heavy atom. The summed E-state index contributed by atoms with van der Waals surface area (Å²) in [6, 6.07) is 4.17. The fraction of sp³-hybridized carbons (Fsp3) is 0.538. The minimum absolute atomic E-state index is 0.286. The van der Waals surface area contributed by atoms with Gasteiger partial charge in [-0.15, -0.1) is 0 Å². The highest BCUT2D eigenvalue weighted by molar-refractivity contribution is 7.80. The fourth-order valence-corrected chi connectivity index (χ4v) is 2.49. The average molecular weight is 249 g/mol. The van der Waals surface area contributed by atoms with Gasteiger partial charge in [-0.05, 0) is 23.0 Å². The van der Waals surface area contributed by atoms with E-state index in [4.69, 9.17) is 18.0 Å². The van der Waals surface area contributed by atoms with Crippen LogP contribution in [-0.2, 0) is 0 Å². The lowest BCUT2D eigenvalue weighted by Crippen LogP contribution is -2.14. The number of aromatic nitrogens is 1. The lowest BCUT2D eigenvalue weighted by Gasteiger charge is -2.08. The van der Waals surface area contributed by atoms with Crippen molar-refractivity contribution in [3.63, 3.8) is 0 Å². The summed E-state index contributed by atoms with van der Waals surface area (Å²) in [5, 5.41) is 3.47. The van der Waals surface area contributed by atoms with Crippen molar-refractivity contribution in [2.45, 2.75) is 33.7 Å². The maximum Gasteiger partial charge on any atom is 0.126 e. The predicted octanol–water partition coefficient (Wildman–Crippen LogP) is 2.56. The number of hydrogen-bond donors (Lipinski definition) is 2. The minimum atomic E-state index is 0.286. The molecule has 2 rings (SSSR count). The average Bonchev–Trinajstić information content (AvgIpc) is 2.61. The van der Waals surface area contributed by atoms with Crippen LogP contribution in [0.3, 0.4) is 0 Å². The molecular formula is C13H19N3S. The van der Waals surface area contributed by atoms with E-state index in [0.29, 0.717) is 11.0 Å². The van der Waals surface area contributed by atoms with Crippen molar-refractivity contribution in [1.82, 2.24) is 4.98 Å². The second-order valence-electron chi connectivity index (χ2n) is 5.81. The Labute approximate surface area is 108 Å². The Morgan fingerprint density at radius 1 is 1.35 bits per heavy atom. The quantitative estimate of drug-likeness (QED) is 0.808. The van der Waals surface area contributed by atoms with Crippen molar-refractivity contribution in [1.29, 1.82) is 0 Å². The van der Waals surface area contributed by atoms with E-state index in [1.165, 1.54) is 0 Å². The van der Waals surface area contributed by atoms with Gasteiger partial charge in [0.1, 0.15) is 10.8 Å². The third-order valence-electron chi connectivity index (χ3n) is 4.36. The molecule has 1 heterocycles. The Hall–Kier alpha value is -1.16. The van der Waals surface area contributed by atoms with Crippen LogP contribution in [0, 0.1) is 10.8 Å².